The van der Waals surface area contributed by atoms with E-state index in [2.05, 4.69) is 10.6 Å². The number of sulfone groups is 1. The number of halogens is 1. The molecule has 0 spiro atoms. The van der Waals surface area contributed by atoms with Crippen LogP contribution in [0.5, 0.6) is 0 Å². The second-order valence-electron chi connectivity index (χ2n) is 6.38. The highest BCUT2D eigenvalue weighted by Gasteiger charge is 2.20. The van der Waals surface area contributed by atoms with Crippen LogP contribution >= 0.6 is 23.4 Å². The Bertz CT molecular complexity index is 1040. The molecule has 0 unspecified atom stereocenters. The summed E-state index contributed by atoms with van der Waals surface area (Å²) in [7, 11) is -3.68. The zero-order valence-corrected chi connectivity index (χ0v) is 17.5. The maximum Gasteiger partial charge on any atom is 0.225 e. The molecule has 2 aromatic carbocycles. The van der Waals surface area contributed by atoms with E-state index in [0.717, 1.165) is 10.5 Å². The molecule has 0 saturated carbocycles. The molecule has 0 atom stereocenters. The van der Waals surface area contributed by atoms with E-state index in [9.17, 15) is 18.0 Å². The van der Waals surface area contributed by atoms with E-state index in [1.165, 1.54) is 23.9 Å². The molecule has 0 bridgehead atoms. The van der Waals surface area contributed by atoms with Crippen molar-refractivity contribution in [1.82, 2.24) is 0 Å². The molecule has 148 valence electrons. The van der Waals surface area contributed by atoms with E-state index >= 15 is 0 Å². The SMILES string of the molecule is Cc1ccc(Cl)cc1NC(=O)CCS(=O)(=O)c1ccc2c(c1)NC(=O)CCS2. The average molecular weight is 439 g/mol. The lowest BCUT2D eigenvalue weighted by atomic mass is 10.2. The van der Waals surface area contributed by atoms with E-state index in [1.54, 1.807) is 24.3 Å². The normalized spacial score (nSPS) is 14.0. The lowest BCUT2D eigenvalue weighted by Gasteiger charge is -2.11. The zero-order valence-electron chi connectivity index (χ0n) is 15.1. The number of amides is 2. The number of hydrogen-bond acceptors (Lipinski definition) is 5. The van der Waals surface area contributed by atoms with E-state index in [-0.39, 0.29) is 23.0 Å². The van der Waals surface area contributed by atoms with Crippen molar-refractivity contribution in [2.75, 3.05) is 22.1 Å². The predicted octanol–water partition coefficient (Wildman–Crippen LogP) is 3.89. The molecule has 6 nitrogen and oxygen atoms in total. The van der Waals surface area contributed by atoms with Crippen LogP contribution in [0.25, 0.3) is 0 Å². The van der Waals surface area contributed by atoms with E-state index in [1.807, 2.05) is 6.92 Å². The number of fused-ring (bicyclic) bond motifs is 1. The molecule has 0 radical (unpaired) electrons. The maximum atomic E-state index is 12.6. The van der Waals surface area contributed by atoms with Gasteiger partial charge in [-0.3, -0.25) is 9.59 Å². The standard InChI is InChI=1S/C19H19ClN2O4S2/c1-12-2-3-13(20)10-15(12)21-19(24)7-9-28(25,26)14-4-5-17-16(11-14)22-18(23)6-8-27-17/h2-5,10-11H,6-9H2,1H3,(H,21,24)(H,22,23). The fourth-order valence-electron chi connectivity index (χ4n) is 2.68. The number of rotatable bonds is 5. The summed E-state index contributed by atoms with van der Waals surface area (Å²) in [5.74, 6) is -0.239. The van der Waals surface area contributed by atoms with Crippen LogP contribution in [0.4, 0.5) is 11.4 Å². The molecule has 0 fully saturated rings. The number of anilines is 2. The Balaban J connectivity index is 1.69. The molecule has 28 heavy (non-hydrogen) atoms. The smallest absolute Gasteiger partial charge is 0.225 e. The molecular formula is C19H19ClN2O4S2. The Labute approximate surface area is 173 Å². The van der Waals surface area contributed by atoms with Crippen molar-refractivity contribution in [3.05, 3.63) is 47.0 Å². The minimum absolute atomic E-state index is 0.0841. The monoisotopic (exact) mass is 438 g/mol. The summed E-state index contributed by atoms with van der Waals surface area (Å²) in [6, 6.07) is 9.77. The Morgan fingerprint density at radius 3 is 2.82 bits per heavy atom. The van der Waals surface area contributed by atoms with Gasteiger partial charge in [-0.15, -0.1) is 11.8 Å². The maximum absolute atomic E-state index is 12.6. The van der Waals surface area contributed by atoms with Crippen molar-refractivity contribution >= 4 is 56.4 Å². The Kier molecular flexibility index (Phi) is 6.32. The summed E-state index contributed by atoms with van der Waals surface area (Å²) < 4.78 is 25.3. The van der Waals surface area contributed by atoms with Crippen molar-refractivity contribution in [3.8, 4) is 0 Å². The largest absolute Gasteiger partial charge is 0.326 e. The number of thioether (sulfide) groups is 1. The molecule has 1 heterocycles. The van der Waals surface area contributed by atoms with E-state index < -0.39 is 15.7 Å². The second kappa shape index (κ2) is 8.55. The van der Waals surface area contributed by atoms with Crippen molar-refractivity contribution in [2.24, 2.45) is 0 Å². The lowest BCUT2D eigenvalue weighted by molar-refractivity contribution is -0.116. The molecule has 0 aliphatic carbocycles. The van der Waals surface area contributed by atoms with E-state index in [4.69, 9.17) is 11.6 Å². The van der Waals surface area contributed by atoms with Gasteiger partial charge in [-0.05, 0) is 42.8 Å². The van der Waals surface area contributed by atoms with Gasteiger partial charge >= 0.3 is 0 Å². The molecule has 2 amide bonds. The van der Waals surface area contributed by atoms with Crippen LogP contribution in [0, 0.1) is 6.92 Å². The number of aryl methyl sites for hydroxylation is 1. The first-order valence-corrected chi connectivity index (χ1v) is 11.6. The van der Waals surface area contributed by atoms with Crippen LogP contribution in [0.3, 0.4) is 0 Å². The van der Waals surface area contributed by atoms with Gasteiger partial charge in [0.05, 0.1) is 16.3 Å². The van der Waals surface area contributed by atoms with Crippen molar-refractivity contribution in [1.29, 1.82) is 0 Å². The number of hydrogen-bond donors (Lipinski definition) is 2. The molecule has 0 saturated heterocycles. The Hall–Kier alpha value is -2.03. The van der Waals surface area contributed by atoms with Gasteiger partial charge in [-0.1, -0.05) is 17.7 Å². The lowest BCUT2D eigenvalue weighted by Crippen LogP contribution is -2.18. The highest BCUT2D eigenvalue weighted by Crippen LogP contribution is 2.33. The molecule has 1 aliphatic rings. The van der Waals surface area contributed by atoms with Crippen LogP contribution in [-0.2, 0) is 19.4 Å². The summed E-state index contributed by atoms with van der Waals surface area (Å²) >= 11 is 7.43. The third kappa shape index (κ3) is 5.06. The highest BCUT2D eigenvalue weighted by atomic mass is 35.5. The summed E-state index contributed by atoms with van der Waals surface area (Å²) in [6.07, 6.45) is 0.191. The van der Waals surface area contributed by atoms with Gasteiger partial charge in [0.15, 0.2) is 9.84 Å². The Morgan fingerprint density at radius 1 is 1.25 bits per heavy atom. The summed E-state index contributed by atoms with van der Waals surface area (Å²) in [5, 5.41) is 5.90. The van der Waals surface area contributed by atoms with Crippen LogP contribution in [0.2, 0.25) is 5.02 Å². The molecule has 9 heteroatoms. The number of carbonyl (C=O) groups is 2. The molecule has 2 aromatic rings. The highest BCUT2D eigenvalue weighted by molar-refractivity contribution is 7.99. The van der Waals surface area contributed by atoms with Crippen molar-refractivity contribution in [2.45, 2.75) is 29.6 Å². The number of nitrogens with one attached hydrogen (secondary N) is 2. The summed E-state index contributed by atoms with van der Waals surface area (Å²) in [6.45, 7) is 1.82. The van der Waals surface area contributed by atoms with Crippen molar-refractivity contribution < 1.29 is 18.0 Å². The predicted molar refractivity (Wildman–Crippen MR) is 112 cm³/mol. The molecule has 3 rings (SSSR count). The van der Waals surface area contributed by atoms with Gasteiger partial charge in [0.1, 0.15) is 0 Å². The minimum atomic E-state index is -3.68. The first-order chi connectivity index (χ1) is 13.2. The second-order valence-corrected chi connectivity index (χ2v) is 10.1. The average Bonchev–Trinajstić information content (AvgIpc) is 2.83. The van der Waals surface area contributed by atoms with E-state index in [0.29, 0.717) is 28.6 Å². The topological polar surface area (TPSA) is 92.3 Å². The molecule has 0 aromatic heterocycles. The van der Waals surface area contributed by atoms with Gasteiger partial charge in [-0.25, -0.2) is 8.42 Å². The zero-order chi connectivity index (χ0) is 20.3. The quantitative estimate of drug-likeness (QED) is 0.738. The first kappa shape index (κ1) is 20.7. The van der Waals surface area contributed by atoms with Crippen LogP contribution in [0.1, 0.15) is 18.4 Å². The fourth-order valence-corrected chi connectivity index (χ4v) is 5.05. The van der Waals surface area contributed by atoms with Gasteiger partial charge < -0.3 is 10.6 Å². The summed E-state index contributed by atoms with van der Waals surface area (Å²) in [4.78, 5) is 24.8. The number of benzene rings is 2. The van der Waals surface area contributed by atoms with Gasteiger partial charge in [0.2, 0.25) is 11.8 Å². The summed E-state index contributed by atoms with van der Waals surface area (Å²) in [5.41, 5.74) is 1.88. The molecule has 2 N–H and O–H groups in total. The number of carbonyl (C=O) groups excluding carboxylic acids is 2. The van der Waals surface area contributed by atoms with Crippen LogP contribution in [0.15, 0.2) is 46.2 Å². The van der Waals surface area contributed by atoms with Gasteiger partial charge in [0.25, 0.3) is 0 Å². The van der Waals surface area contributed by atoms with Crippen LogP contribution < -0.4 is 10.6 Å². The minimum Gasteiger partial charge on any atom is -0.326 e. The molecular weight excluding hydrogens is 420 g/mol. The van der Waals surface area contributed by atoms with Gasteiger partial charge in [-0.2, -0.15) is 0 Å². The Morgan fingerprint density at radius 2 is 2.04 bits per heavy atom. The third-order valence-electron chi connectivity index (χ3n) is 4.24. The van der Waals surface area contributed by atoms with Crippen LogP contribution in [-0.4, -0.2) is 31.7 Å². The first-order valence-electron chi connectivity index (χ1n) is 8.60. The third-order valence-corrected chi connectivity index (χ3v) is 7.27. The van der Waals surface area contributed by atoms with Crippen molar-refractivity contribution in [3.63, 3.8) is 0 Å². The molecule has 1 aliphatic heterocycles. The van der Waals surface area contributed by atoms with Gasteiger partial charge in [0, 0.05) is 34.2 Å². The fraction of sp³-hybridized carbons (Fsp3) is 0.263.